The van der Waals surface area contributed by atoms with Crippen LogP contribution in [-0.2, 0) is 42.9 Å². The summed E-state index contributed by atoms with van der Waals surface area (Å²) in [7, 11) is 2.66. The number of aliphatic hydroxyl groups is 2. The molecular formula is C67H88Br2ClN7O15. The van der Waals surface area contributed by atoms with Crippen LogP contribution in [0.5, 0.6) is 11.8 Å². The van der Waals surface area contributed by atoms with E-state index in [2.05, 4.69) is 42.5 Å². The normalized spacial score (nSPS) is 17.0. The summed E-state index contributed by atoms with van der Waals surface area (Å²) >= 11 is 7.02. The average molecular weight is 1430 g/mol. The SMILES string of the molecule is C.CC(C)(CO)COC(=O)C[C@H](C(=O)O)C(C)(C)C.COC(=O)[C@@H]1C[C@@H](Oc2nc3ccccc3nc2-c2cccc(Br)c2)CN1.COC(=O)[C@@H]1C[C@@H](Oc2nc3ccccc3nc2-c2cccc(Br)c2)CN1C(=O)[C@@H](NC(=O)OCC(C)(C)CCO)C(C)(C)C.Cl. The minimum Gasteiger partial charge on any atom is -0.481 e. The van der Waals surface area contributed by atoms with Crippen molar-refractivity contribution in [2.45, 2.75) is 133 Å². The van der Waals surface area contributed by atoms with Gasteiger partial charge in [-0.15, -0.1) is 12.4 Å². The molecule has 0 saturated carbocycles. The first-order valence-corrected chi connectivity index (χ1v) is 31.1. The van der Waals surface area contributed by atoms with Gasteiger partial charge in [0.15, 0.2) is 0 Å². The Morgan fingerprint density at radius 3 is 1.59 bits per heavy atom. The number of hydrogen-bond donors (Lipinski definition) is 5. The first-order chi connectivity index (χ1) is 42.3. The van der Waals surface area contributed by atoms with Gasteiger partial charge in [-0.05, 0) is 65.8 Å². The van der Waals surface area contributed by atoms with Crippen molar-refractivity contribution in [3.05, 3.63) is 106 Å². The molecule has 2 fully saturated rings. The molecule has 8 rings (SSSR count). The number of carbonyl (C=O) groups excluding carboxylic acids is 5. The van der Waals surface area contributed by atoms with E-state index in [-0.39, 0.29) is 89.6 Å². The van der Waals surface area contributed by atoms with Gasteiger partial charge in [-0.2, -0.15) is 0 Å². The van der Waals surface area contributed by atoms with Crippen molar-refractivity contribution in [3.8, 4) is 34.3 Å². The summed E-state index contributed by atoms with van der Waals surface area (Å²) in [5.41, 5.74) is 3.62. The molecule has 5 N–H and O–H groups in total. The van der Waals surface area contributed by atoms with E-state index < -0.39 is 75.7 Å². The predicted molar refractivity (Wildman–Crippen MR) is 359 cm³/mol. The zero-order valence-electron chi connectivity index (χ0n) is 53.4. The second-order valence-electron chi connectivity index (χ2n) is 25.8. The summed E-state index contributed by atoms with van der Waals surface area (Å²) in [6, 6.07) is 28.3. The Labute approximate surface area is 561 Å². The second-order valence-corrected chi connectivity index (χ2v) is 27.7. The number of carbonyl (C=O) groups is 6. The molecule has 4 aromatic carbocycles. The largest absolute Gasteiger partial charge is 0.481 e. The fourth-order valence-corrected chi connectivity index (χ4v) is 10.4. The number of aliphatic hydroxyl groups excluding tert-OH is 2. The van der Waals surface area contributed by atoms with Crippen LogP contribution < -0.4 is 20.1 Å². The highest BCUT2D eigenvalue weighted by Crippen LogP contribution is 2.36. The lowest BCUT2D eigenvalue weighted by Gasteiger charge is -2.35. The molecule has 2 amide bonds. The third kappa shape index (κ3) is 22.0. The van der Waals surface area contributed by atoms with Crippen molar-refractivity contribution in [3.63, 3.8) is 0 Å². The number of esters is 3. The highest BCUT2D eigenvalue weighted by atomic mass is 79.9. The van der Waals surface area contributed by atoms with Crippen molar-refractivity contribution in [1.29, 1.82) is 0 Å². The number of likely N-dealkylation sites (tertiary alicyclic amines) is 1. The van der Waals surface area contributed by atoms with E-state index in [4.69, 9.17) is 58.6 Å². The molecule has 2 saturated heterocycles. The van der Waals surface area contributed by atoms with Crippen molar-refractivity contribution < 1.29 is 72.5 Å². The van der Waals surface area contributed by atoms with E-state index in [0.29, 0.717) is 47.7 Å². The van der Waals surface area contributed by atoms with E-state index in [1.165, 1.54) is 19.1 Å². The quantitative estimate of drug-likeness (QED) is 0.0350. The van der Waals surface area contributed by atoms with E-state index in [9.17, 15) is 33.9 Å². The zero-order valence-corrected chi connectivity index (χ0v) is 57.4. The minimum absolute atomic E-state index is 0. The second kappa shape index (κ2) is 34.2. The number of benzene rings is 4. The molecule has 92 heavy (non-hydrogen) atoms. The highest BCUT2D eigenvalue weighted by Gasteiger charge is 2.47. The molecule has 0 spiro atoms. The van der Waals surface area contributed by atoms with Gasteiger partial charge in [-0.3, -0.25) is 19.2 Å². The number of aromatic nitrogens is 4. The number of rotatable bonds is 20. The Hall–Kier alpha value is -7.09. The Balaban J connectivity index is 0.000000325. The molecule has 0 bridgehead atoms. The molecule has 6 atom stereocenters. The summed E-state index contributed by atoms with van der Waals surface area (Å²) in [5.74, 6) is -2.92. The molecule has 6 aromatic rings. The van der Waals surface area contributed by atoms with Crippen LogP contribution in [0, 0.1) is 27.6 Å². The Bertz CT molecular complexity index is 3490. The summed E-state index contributed by atoms with van der Waals surface area (Å²) in [4.78, 5) is 94.8. The number of aliphatic carboxylic acids is 1. The number of fused-ring (bicyclic) bond motifs is 2. The van der Waals surface area contributed by atoms with Crippen LogP contribution >= 0.6 is 44.3 Å². The van der Waals surface area contributed by atoms with Crippen LogP contribution in [0.15, 0.2) is 106 Å². The highest BCUT2D eigenvalue weighted by molar-refractivity contribution is 9.10. The first-order valence-electron chi connectivity index (χ1n) is 29.5. The number of halogens is 3. The number of carboxylic acids is 1. The van der Waals surface area contributed by atoms with E-state index in [1.807, 2.05) is 132 Å². The minimum atomic E-state index is -1.02. The van der Waals surface area contributed by atoms with Crippen molar-refractivity contribution in [2.24, 2.45) is 27.6 Å². The average Bonchev–Trinajstić information content (AvgIpc) is 1.35. The predicted octanol–water partition coefficient (Wildman–Crippen LogP) is 11.2. The third-order valence-electron chi connectivity index (χ3n) is 14.9. The molecule has 2 aliphatic rings. The van der Waals surface area contributed by atoms with Crippen LogP contribution in [0.3, 0.4) is 0 Å². The molecule has 0 aliphatic carbocycles. The first kappa shape index (κ1) is 77.4. The molecule has 22 nitrogen and oxygen atoms in total. The van der Waals surface area contributed by atoms with Gasteiger partial charge >= 0.3 is 30.0 Å². The number of alkyl carbamates (subject to hydrolysis) is 1. The van der Waals surface area contributed by atoms with Gasteiger partial charge in [0.05, 0.1) is 75.0 Å². The Kier molecular flexibility index (Phi) is 28.7. The maximum absolute atomic E-state index is 14.1. The van der Waals surface area contributed by atoms with Crippen molar-refractivity contribution in [2.75, 3.05) is 53.7 Å². The lowest BCUT2D eigenvalue weighted by molar-refractivity contribution is -0.157. The van der Waals surface area contributed by atoms with Gasteiger partial charge in [-0.1, -0.05) is 157 Å². The fraction of sp³-hybridized carbons (Fsp3) is 0.493. The molecule has 2 aromatic heterocycles. The van der Waals surface area contributed by atoms with Gasteiger partial charge in [-0.25, -0.2) is 29.5 Å². The number of methoxy groups -OCH3 is 2. The maximum Gasteiger partial charge on any atom is 0.407 e. The van der Waals surface area contributed by atoms with Crippen molar-refractivity contribution in [1.82, 2.24) is 35.5 Å². The molecular weight excluding hydrogens is 1340 g/mol. The molecule has 25 heteroatoms. The molecule has 0 radical (unpaired) electrons. The zero-order chi connectivity index (χ0) is 66.3. The molecule has 0 unspecified atom stereocenters. The topological polar surface area (TPSA) is 297 Å². The number of para-hydroxylation sites is 4. The number of amides is 2. The van der Waals surface area contributed by atoms with Gasteiger partial charge in [0.25, 0.3) is 0 Å². The number of hydrogen-bond acceptors (Lipinski definition) is 19. The monoisotopic (exact) mass is 1420 g/mol. The summed E-state index contributed by atoms with van der Waals surface area (Å²) in [5, 5.41) is 33.2. The van der Waals surface area contributed by atoms with Gasteiger partial charge in [0, 0.05) is 56.9 Å². The Morgan fingerprint density at radius 1 is 0.652 bits per heavy atom. The fourth-order valence-electron chi connectivity index (χ4n) is 9.62. The van der Waals surface area contributed by atoms with Gasteiger partial charge in [0.2, 0.25) is 17.7 Å². The number of nitrogens with zero attached hydrogens (tertiary/aromatic N) is 5. The molecule has 502 valence electrons. The lowest BCUT2D eigenvalue weighted by atomic mass is 9.79. The van der Waals surface area contributed by atoms with Crippen LogP contribution in [0.25, 0.3) is 44.6 Å². The van der Waals surface area contributed by atoms with Gasteiger partial charge < -0.3 is 59.3 Å². The smallest absolute Gasteiger partial charge is 0.407 e. The number of nitrogens with one attached hydrogen (secondary N) is 2. The summed E-state index contributed by atoms with van der Waals surface area (Å²) < 4.78 is 34.7. The number of carboxylic acid groups (broad SMARTS) is 1. The van der Waals surface area contributed by atoms with Crippen LogP contribution in [0.1, 0.15) is 102 Å². The van der Waals surface area contributed by atoms with E-state index in [0.717, 1.165) is 31.1 Å². The van der Waals surface area contributed by atoms with Gasteiger partial charge in [0.1, 0.15) is 41.7 Å². The maximum atomic E-state index is 14.1. The summed E-state index contributed by atoms with van der Waals surface area (Å²) in [6.45, 7) is 18.6. The lowest BCUT2D eigenvalue weighted by Crippen LogP contribution is -2.57. The van der Waals surface area contributed by atoms with Crippen LogP contribution in [0.4, 0.5) is 4.79 Å². The Morgan fingerprint density at radius 2 is 1.14 bits per heavy atom. The number of ether oxygens (including phenoxy) is 6. The third-order valence-corrected chi connectivity index (χ3v) is 15.9. The molecule has 2 aliphatic heterocycles. The standard InChI is InChI=1S/C33H41BrN4O7.C20H18BrN3O3.C13H24O5.CH4.ClH/c1-32(2,3)27(37-31(42)44-19-33(4,5)14-15-39)29(40)38-18-22(17-25(38)30(41)43-6)45-28-26(20-10-9-11-21(34)16-20)35-23-12-7-8-13-24(23)36-28;1-26-20(25)17-10-14(11-22-17)27-19-18(12-5-4-6-13(21)9-12)23-15-7-2-3-8-16(15)24-19;1-12(2,3)9(11(16)17)6-10(15)18-8-13(4,5)7-14;;/h7-13,16,22,25,27,39H,14-15,17-19H2,1-6H3,(H,37,42);2-9,14,17,22H,10-11H2,1H3;9,14H,6-8H2,1-5H3,(H,16,17);1H4;1H/t22-,25+,27-;14-,17+;9-;;/m111../s1. The van der Waals surface area contributed by atoms with Crippen LogP contribution in [0.2, 0.25) is 0 Å². The van der Waals surface area contributed by atoms with Crippen molar-refractivity contribution >= 4 is 102 Å². The van der Waals surface area contributed by atoms with E-state index >= 15 is 0 Å². The summed E-state index contributed by atoms with van der Waals surface area (Å²) in [6.07, 6.45) is -0.591. The molecule has 4 heterocycles. The van der Waals surface area contributed by atoms with Crippen LogP contribution in [-0.4, -0.2) is 160 Å². The van der Waals surface area contributed by atoms with E-state index in [1.54, 1.807) is 34.6 Å².